The highest BCUT2D eigenvalue weighted by atomic mass is 35.5. The maximum atomic E-state index is 13.0. The molecule has 0 atom stereocenters. The van der Waals surface area contributed by atoms with Crippen LogP contribution < -0.4 is 5.32 Å². The Kier molecular flexibility index (Phi) is 7.20. The number of rotatable bonds is 6. The molecule has 4 rings (SSSR count). The van der Waals surface area contributed by atoms with Crippen LogP contribution in [-0.2, 0) is 10.0 Å². The number of carbonyl (C=O) groups excluding carboxylic acids is 1. The number of benzene rings is 3. The number of nitrogens with one attached hydrogen (secondary N) is 1. The third-order valence-corrected chi connectivity index (χ3v) is 8.47. The zero-order valence-corrected chi connectivity index (χ0v) is 19.7. The molecule has 0 aliphatic carbocycles. The highest BCUT2D eigenvalue weighted by Crippen LogP contribution is 2.29. The van der Waals surface area contributed by atoms with E-state index in [4.69, 9.17) is 11.6 Å². The van der Waals surface area contributed by atoms with Crippen molar-refractivity contribution in [1.82, 2.24) is 4.31 Å². The number of piperidine rings is 1. The molecule has 1 aliphatic heterocycles. The second-order valence-electron chi connectivity index (χ2n) is 7.50. The molecule has 1 aliphatic rings. The molecule has 0 saturated carbocycles. The molecule has 3 aromatic carbocycles. The lowest BCUT2D eigenvalue weighted by atomic mass is 10.2. The molecular formula is C24H23ClN2O3S2. The number of sulfonamides is 1. The SMILES string of the molecule is O=C(Nc1ccc(Sc2ccccc2)cc1)c1cc(S(=O)(=O)N2CCCCC2)ccc1Cl. The van der Waals surface area contributed by atoms with Crippen molar-refractivity contribution in [2.24, 2.45) is 0 Å². The quantitative estimate of drug-likeness (QED) is 0.469. The van der Waals surface area contributed by atoms with Crippen molar-refractivity contribution >= 4 is 45.0 Å². The standard InChI is InChI=1S/C24H23ClN2O3S2/c25-23-14-13-21(32(29,30)27-15-5-2-6-16-27)17-22(23)24(28)26-18-9-11-20(12-10-18)31-19-7-3-1-4-8-19/h1,3-4,7-14,17H,2,5-6,15-16H2,(H,26,28). The number of hydrogen-bond donors (Lipinski definition) is 1. The van der Waals surface area contributed by atoms with Crippen molar-refractivity contribution in [3.63, 3.8) is 0 Å². The monoisotopic (exact) mass is 486 g/mol. The van der Waals surface area contributed by atoms with Gasteiger partial charge in [-0.1, -0.05) is 48.0 Å². The minimum absolute atomic E-state index is 0.0866. The molecule has 0 spiro atoms. The smallest absolute Gasteiger partial charge is 0.257 e. The highest BCUT2D eigenvalue weighted by Gasteiger charge is 2.27. The maximum Gasteiger partial charge on any atom is 0.257 e. The normalized spacial score (nSPS) is 14.8. The van der Waals surface area contributed by atoms with Crippen molar-refractivity contribution in [1.29, 1.82) is 0 Å². The minimum Gasteiger partial charge on any atom is -0.322 e. The summed E-state index contributed by atoms with van der Waals surface area (Å²) in [6.07, 6.45) is 2.72. The van der Waals surface area contributed by atoms with Crippen LogP contribution in [0.5, 0.6) is 0 Å². The fourth-order valence-electron chi connectivity index (χ4n) is 3.52. The van der Waals surface area contributed by atoms with E-state index in [0.717, 1.165) is 29.1 Å². The predicted octanol–water partition coefficient (Wildman–Crippen LogP) is 5.92. The van der Waals surface area contributed by atoms with E-state index < -0.39 is 15.9 Å². The molecule has 8 heteroatoms. The molecule has 0 aromatic heterocycles. The Hall–Kier alpha value is -2.32. The fraction of sp³-hybridized carbons (Fsp3) is 0.208. The van der Waals surface area contributed by atoms with E-state index >= 15 is 0 Å². The van der Waals surface area contributed by atoms with Gasteiger partial charge in [0.1, 0.15) is 0 Å². The van der Waals surface area contributed by atoms with E-state index in [1.54, 1.807) is 11.8 Å². The third kappa shape index (κ3) is 5.35. The van der Waals surface area contributed by atoms with Gasteiger partial charge in [0.25, 0.3) is 5.91 Å². The zero-order valence-electron chi connectivity index (χ0n) is 17.3. The topological polar surface area (TPSA) is 66.5 Å². The molecule has 3 aromatic rings. The molecule has 1 amide bonds. The molecule has 1 N–H and O–H groups in total. The van der Waals surface area contributed by atoms with Crippen molar-refractivity contribution in [3.05, 3.63) is 83.4 Å². The van der Waals surface area contributed by atoms with E-state index in [-0.39, 0.29) is 15.5 Å². The molecule has 1 fully saturated rings. The predicted molar refractivity (Wildman–Crippen MR) is 129 cm³/mol. The van der Waals surface area contributed by atoms with Crippen LogP contribution in [0.2, 0.25) is 5.02 Å². The van der Waals surface area contributed by atoms with Crippen molar-refractivity contribution in [3.8, 4) is 0 Å². The van der Waals surface area contributed by atoms with Gasteiger partial charge in [0.2, 0.25) is 10.0 Å². The Morgan fingerprint density at radius 1 is 0.875 bits per heavy atom. The number of anilines is 1. The lowest BCUT2D eigenvalue weighted by molar-refractivity contribution is 0.102. The fourth-order valence-corrected chi connectivity index (χ4v) is 6.11. The summed E-state index contributed by atoms with van der Waals surface area (Å²) >= 11 is 7.86. The van der Waals surface area contributed by atoms with Crippen molar-refractivity contribution < 1.29 is 13.2 Å². The second kappa shape index (κ2) is 10.1. The van der Waals surface area contributed by atoms with E-state index in [0.29, 0.717) is 18.8 Å². The first kappa shape index (κ1) is 22.9. The summed E-state index contributed by atoms with van der Waals surface area (Å²) in [6.45, 7) is 1.000. The highest BCUT2D eigenvalue weighted by molar-refractivity contribution is 7.99. The largest absolute Gasteiger partial charge is 0.322 e. The Bertz CT molecular complexity index is 1190. The summed E-state index contributed by atoms with van der Waals surface area (Å²) in [6, 6.07) is 21.8. The van der Waals surface area contributed by atoms with E-state index in [9.17, 15) is 13.2 Å². The molecule has 0 radical (unpaired) electrons. The van der Waals surface area contributed by atoms with Crippen LogP contribution in [0.4, 0.5) is 5.69 Å². The minimum atomic E-state index is -3.65. The van der Waals surface area contributed by atoms with E-state index in [1.165, 1.54) is 22.5 Å². The summed E-state index contributed by atoms with van der Waals surface area (Å²) in [5, 5.41) is 3.01. The number of nitrogens with zero attached hydrogens (tertiary/aromatic N) is 1. The third-order valence-electron chi connectivity index (χ3n) is 5.23. The molecular weight excluding hydrogens is 464 g/mol. The molecule has 0 bridgehead atoms. The second-order valence-corrected chi connectivity index (χ2v) is 11.0. The van der Waals surface area contributed by atoms with Crippen molar-refractivity contribution in [2.75, 3.05) is 18.4 Å². The van der Waals surface area contributed by atoms with Gasteiger partial charge >= 0.3 is 0 Å². The van der Waals surface area contributed by atoms with Crippen LogP contribution in [0.25, 0.3) is 0 Å². The Morgan fingerprint density at radius 2 is 1.53 bits per heavy atom. The number of carbonyl (C=O) groups is 1. The van der Waals surface area contributed by atoms with Gasteiger partial charge in [-0.15, -0.1) is 0 Å². The average Bonchev–Trinajstić information content (AvgIpc) is 2.82. The van der Waals surface area contributed by atoms with Gasteiger partial charge in [-0.25, -0.2) is 8.42 Å². The molecule has 1 saturated heterocycles. The lowest BCUT2D eigenvalue weighted by Crippen LogP contribution is -2.35. The average molecular weight is 487 g/mol. The van der Waals surface area contributed by atoms with Crippen LogP contribution in [0.15, 0.2) is 87.5 Å². The van der Waals surface area contributed by atoms with Crippen LogP contribution in [0.1, 0.15) is 29.6 Å². The number of hydrogen-bond acceptors (Lipinski definition) is 4. The Morgan fingerprint density at radius 3 is 2.22 bits per heavy atom. The molecule has 166 valence electrons. The van der Waals surface area contributed by atoms with Crippen molar-refractivity contribution in [2.45, 2.75) is 33.9 Å². The maximum absolute atomic E-state index is 13.0. The van der Waals surface area contributed by atoms with Crippen LogP contribution in [0.3, 0.4) is 0 Å². The van der Waals surface area contributed by atoms with Crippen LogP contribution >= 0.6 is 23.4 Å². The van der Waals surface area contributed by atoms with Gasteiger partial charge in [-0.2, -0.15) is 4.31 Å². The van der Waals surface area contributed by atoms with Gasteiger partial charge in [-0.3, -0.25) is 4.79 Å². The van der Waals surface area contributed by atoms with Gasteiger partial charge in [-0.05, 0) is 67.4 Å². The molecule has 32 heavy (non-hydrogen) atoms. The first-order valence-electron chi connectivity index (χ1n) is 10.4. The Labute approximate surface area is 197 Å². The summed E-state index contributed by atoms with van der Waals surface area (Å²) in [5.41, 5.74) is 0.736. The lowest BCUT2D eigenvalue weighted by Gasteiger charge is -2.26. The number of amides is 1. The molecule has 5 nitrogen and oxygen atoms in total. The van der Waals surface area contributed by atoms with E-state index in [2.05, 4.69) is 5.32 Å². The van der Waals surface area contributed by atoms with Gasteiger partial charge in [0, 0.05) is 28.6 Å². The van der Waals surface area contributed by atoms with Crippen LogP contribution in [0, 0.1) is 0 Å². The van der Waals surface area contributed by atoms with Crippen LogP contribution in [-0.4, -0.2) is 31.7 Å². The summed E-state index contributed by atoms with van der Waals surface area (Å²) in [5.74, 6) is -0.450. The van der Waals surface area contributed by atoms with Gasteiger partial charge in [0.05, 0.1) is 15.5 Å². The van der Waals surface area contributed by atoms with Gasteiger partial charge < -0.3 is 5.32 Å². The Balaban J connectivity index is 1.49. The zero-order chi connectivity index (χ0) is 22.6. The first-order valence-corrected chi connectivity index (χ1v) is 13.0. The molecule has 0 unspecified atom stereocenters. The first-order chi connectivity index (χ1) is 15.4. The number of halogens is 1. The molecule has 1 heterocycles. The van der Waals surface area contributed by atoms with E-state index in [1.807, 2.05) is 54.6 Å². The van der Waals surface area contributed by atoms with Gasteiger partial charge in [0.15, 0.2) is 0 Å². The summed E-state index contributed by atoms with van der Waals surface area (Å²) in [4.78, 5) is 15.1. The summed E-state index contributed by atoms with van der Waals surface area (Å²) < 4.78 is 27.4. The summed E-state index contributed by atoms with van der Waals surface area (Å²) in [7, 11) is -3.65.